The summed E-state index contributed by atoms with van der Waals surface area (Å²) in [5, 5.41) is 15.3. The molecule has 1 aliphatic rings. The van der Waals surface area contributed by atoms with Gasteiger partial charge in [-0.25, -0.2) is 4.31 Å². The van der Waals surface area contributed by atoms with Gasteiger partial charge in [0.25, 0.3) is 0 Å². The maximum Gasteiger partial charge on any atom is 0.0800 e. The number of hydrogen-bond acceptors (Lipinski definition) is 4. The Morgan fingerprint density at radius 2 is 1.77 bits per heavy atom. The zero-order valence-corrected chi connectivity index (χ0v) is 21.5. The molecule has 2 aromatic rings. The molecule has 1 unspecified atom stereocenters. The van der Waals surface area contributed by atoms with Gasteiger partial charge in [0.1, 0.15) is 0 Å². The summed E-state index contributed by atoms with van der Waals surface area (Å²) in [5.41, 5.74) is 2.95. The van der Waals surface area contributed by atoms with Crippen molar-refractivity contribution in [2.45, 2.75) is 49.6 Å². The lowest BCUT2D eigenvalue weighted by Crippen LogP contribution is -2.46. The highest BCUT2D eigenvalue weighted by molar-refractivity contribution is 9.10. The van der Waals surface area contributed by atoms with Gasteiger partial charge in [-0.05, 0) is 81.3 Å². The lowest BCUT2D eigenvalue weighted by molar-refractivity contribution is 0.138. The van der Waals surface area contributed by atoms with Crippen molar-refractivity contribution in [2.24, 2.45) is 5.92 Å². The number of halogens is 3. The monoisotopic (exact) mass is 530 g/mol. The number of likely N-dealkylation sites (N-methyl/N-ethyl adjacent to an activating group) is 1. The Hall–Kier alpha value is -0.270. The molecule has 0 radical (unpaired) electrons. The number of aliphatic hydroxyl groups is 1. The number of aliphatic hydroxyl groups excluding tert-OH is 1. The Bertz CT molecular complexity index is 832. The van der Waals surface area contributed by atoms with E-state index in [-0.39, 0.29) is 5.54 Å². The normalized spacial score (nSPS) is 15.6. The highest BCUT2D eigenvalue weighted by atomic mass is 79.9. The van der Waals surface area contributed by atoms with Gasteiger partial charge in [-0.3, -0.25) is 0 Å². The fourth-order valence-electron chi connectivity index (χ4n) is 4.15. The molecule has 0 saturated carbocycles. The van der Waals surface area contributed by atoms with Crippen molar-refractivity contribution in [2.75, 3.05) is 20.1 Å². The van der Waals surface area contributed by atoms with Crippen molar-refractivity contribution in [3.63, 3.8) is 0 Å². The molecule has 0 heterocycles. The zero-order valence-electron chi connectivity index (χ0n) is 17.6. The fourth-order valence-corrected chi connectivity index (χ4v) is 6.42. The standard InChI is InChI=1S/C23H29BrCl2N2OS/c1-23(2,12-15-8-16-6-4-5-7-17(16)9-15)27-13-19(29)14-28(3)30-22-20(25)10-18(24)11-21(22)26/h4-7,10-11,15,19,27,29H,8-9,12-14H2,1-3H3. The van der Waals surface area contributed by atoms with Crippen LogP contribution in [0.1, 0.15) is 31.4 Å². The van der Waals surface area contributed by atoms with Crippen LogP contribution in [-0.2, 0) is 12.8 Å². The minimum absolute atomic E-state index is 0.0300. The van der Waals surface area contributed by atoms with Crippen molar-refractivity contribution >= 4 is 51.1 Å². The van der Waals surface area contributed by atoms with Gasteiger partial charge in [0, 0.05) is 23.1 Å². The molecule has 1 atom stereocenters. The van der Waals surface area contributed by atoms with Crippen molar-refractivity contribution in [1.29, 1.82) is 0 Å². The van der Waals surface area contributed by atoms with Crippen LogP contribution < -0.4 is 5.32 Å². The van der Waals surface area contributed by atoms with E-state index in [2.05, 4.69) is 59.4 Å². The molecule has 7 heteroatoms. The van der Waals surface area contributed by atoms with E-state index in [1.54, 1.807) is 0 Å². The van der Waals surface area contributed by atoms with E-state index in [0.29, 0.717) is 29.1 Å². The summed E-state index contributed by atoms with van der Waals surface area (Å²) < 4.78 is 2.81. The largest absolute Gasteiger partial charge is 0.390 e. The van der Waals surface area contributed by atoms with Crippen LogP contribution in [0.2, 0.25) is 10.0 Å². The molecule has 164 valence electrons. The number of nitrogens with one attached hydrogen (secondary N) is 1. The quantitative estimate of drug-likeness (QED) is 0.376. The van der Waals surface area contributed by atoms with Crippen LogP contribution >= 0.6 is 51.1 Å². The van der Waals surface area contributed by atoms with Crippen LogP contribution in [0, 0.1) is 5.92 Å². The van der Waals surface area contributed by atoms with E-state index >= 15 is 0 Å². The van der Waals surface area contributed by atoms with E-state index in [1.165, 1.54) is 23.1 Å². The third-order valence-electron chi connectivity index (χ3n) is 5.43. The first-order valence-corrected chi connectivity index (χ1v) is 12.5. The van der Waals surface area contributed by atoms with Crippen LogP contribution in [0.5, 0.6) is 0 Å². The number of β-amino-alcohol motifs (C(OH)–C–C–N with tert-alkyl or cyclic N) is 1. The SMILES string of the molecule is CN(CC(O)CNC(C)(C)CC1Cc2ccccc2C1)Sc1c(Cl)cc(Br)cc1Cl. The van der Waals surface area contributed by atoms with Crippen molar-refractivity contribution in [3.8, 4) is 0 Å². The smallest absolute Gasteiger partial charge is 0.0800 e. The van der Waals surface area contributed by atoms with Crippen molar-refractivity contribution in [3.05, 3.63) is 62.0 Å². The van der Waals surface area contributed by atoms with Crippen LogP contribution in [-0.4, -0.2) is 41.2 Å². The van der Waals surface area contributed by atoms with Gasteiger partial charge < -0.3 is 10.4 Å². The third kappa shape index (κ3) is 6.86. The summed E-state index contributed by atoms with van der Waals surface area (Å²) in [5.74, 6) is 0.655. The Labute approximate surface area is 202 Å². The third-order valence-corrected chi connectivity index (χ3v) is 7.79. The summed E-state index contributed by atoms with van der Waals surface area (Å²) in [4.78, 5) is 0.797. The maximum absolute atomic E-state index is 10.6. The van der Waals surface area contributed by atoms with Gasteiger partial charge in [-0.15, -0.1) is 0 Å². The zero-order chi connectivity index (χ0) is 21.9. The van der Waals surface area contributed by atoms with Crippen LogP contribution in [0.15, 0.2) is 45.8 Å². The second-order valence-electron chi connectivity index (χ2n) is 8.77. The number of rotatable bonds is 9. The number of hydrogen-bond donors (Lipinski definition) is 2. The van der Waals surface area contributed by atoms with Crippen LogP contribution in [0.25, 0.3) is 0 Å². The molecule has 2 aromatic carbocycles. The highest BCUT2D eigenvalue weighted by Crippen LogP contribution is 2.38. The van der Waals surface area contributed by atoms with Gasteiger partial charge in [0.15, 0.2) is 0 Å². The van der Waals surface area contributed by atoms with Gasteiger partial charge in [-0.1, -0.05) is 63.4 Å². The molecule has 0 saturated heterocycles. The summed E-state index contributed by atoms with van der Waals surface area (Å²) in [6.07, 6.45) is 2.90. The number of benzene rings is 2. The minimum Gasteiger partial charge on any atom is -0.390 e. The van der Waals surface area contributed by atoms with Gasteiger partial charge >= 0.3 is 0 Å². The predicted molar refractivity (Wildman–Crippen MR) is 133 cm³/mol. The molecule has 0 aliphatic heterocycles. The van der Waals surface area contributed by atoms with Gasteiger partial charge in [0.2, 0.25) is 0 Å². The molecule has 0 spiro atoms. The first-order chi connectivity index (χ1) is 14.1. The predicted octanol–water partition coefficient (Wildman–Crippen LogP) is 6.23. The van der Waals surface area contributed by atoms with Crippen LogP contribution in [0.4, 0.5) is 0 Å². The average molecular weight is 532 g/mol. The molecule has 30 heavy (non-hydrogen) atoms. The Balaban J connectivity index is 1.45. The average Bonchev–Trinajstić information content (AvgIpc) is 3.04. The molecular formula is C23H29BrCl2N2OS. The van der Waals surface area contributed by atoms with Crippen molar-refractivity contribution in [1.82, 2.24) is 9.62 Å². The van der Waals surface area contributed by atoms with E-state index < -0.39 is 6.10 Å². The highest BCUT2D eigenvalue weighted by Gasteiger charge is 2.28. The Morgan fingerprint density at radius 3 is 2.33 bits per heavy atom. The van der Waals surface area contributed by atoms with Gasteiger partial charge in [0.05, 0.1) is 21.0 Å². The molecule has 0 aromatic heterocycles. The van der Waals surface area contributed by atoms with E-state index in [4.69, 9.17) is 23.2 Å². The molecule has 0 amide bonds. The lowest BCUT2D eigenvalue weighted by atomic mass is 9.88. The molecule has 0 bridgehead atoms. The minimum atomic E-state index is -0.490. The summed E-state index contributed by atoms with van der Waals surface area (Å²) in [6.45, 7) is 5.50. The molecule has 3 rings (SSSR count). The second-order valence-corrected chi connectivity index (χ2v) is 11.7. The summed E-state index contributed by atoms with van der Waals surface area (Å²) in [6, 6.07) is 12.4. The first-order valence-electron chi connectivity index (χ1n) is 10.2. The van der Waals surface area contributed by atoms with E-state index in [0.717, 1.165) is 28.6 Å². The first kappa shape index (κ1) is 24.4. The number of nitrogens with zero attached hydrogens (tertiary/aromatic N) is 1. The maximum atomic E-state index is 10.6. The summed E-state index contributed by atoms with van der Waals surface area (Å²) in [7, 11) is 1.93. The second kappa shape index (κ2) is 10.6. The molecule has 3 nitrogen and oxygen atoms in total. The molecule has 0 fully saturated rings. The van der Waals surface area contributed by atoms with Crippen LogP contribution in [0.3, 0.4) is 0 Å². The lowest BCUT2D eigenvalue weighted by Gasteiger charge is -2.31. The van der Waals surface area contributed by atoms with E-state index in [9.17, 15) is 5.11 Å². The Kier molecular flexibility index (Phi) is 8.58. The fraction of sp³-hybridized carbons (Fsp3) is 0.478. The number of fused-ring (bicyclic) bond motifs is 1. The van der Waals surface area contributed by atoms with Gasteiger partial charge in [-0.2, -0.15) is 0 Å². The van der Waals surface area contributed by atoms with Crippen molar-refractivity contribution < 1.29 is 5.11 Å². The van der Waals surface area contributed by atoms with E-state index in [1.807, 2.05) is 23.5 Å². The molecular weight excluding hydrogens is 503 g/mol. The topological polar surface area (TPSA) is 35.5 Å². The Morgan fingerprint density at radius 1 is 1.20 bits per heavy atom. The summed E-state index contributed by atoms with van der Waals surface area (Å²) >= 11 is 17.5. The molecule has 1 aliphatic carbocycles. The molecule has 2 N–H and O–H groups in total.